The van der Waals surface area contributed by atoms with E-state index in [1.54, 1.807) is 6.92 Å². The van der Waals surface area contributed by atoms with Gasteiger partial charge in [-0.25, -0.2) is 4.79 Å². The fraction of sp³-hybridized carbons (Fsp3) is 0.786. The maximum absolute atomic E-state index is 11.7. The molecular weight excluding hydrogens is 260 g/mol. The highest BCUT2D eigenvalue weighted by Gasteiger charge is 2.29. The highest BCUT2D eigenvalue weighted by Crippen LogP contribution is 2.28. The largest absolute Gasteiger partial charge is 0.480 e. The molecule has 114 valence electrons. The molecule has 0 aromatic heterocycles. The van der Waals surface area contributed by atoms with Crippen molar-refractivity contribution in [3.05, 3.63) is 0 Å². The van der Waals surface area contributed by atoms with Crippen molar-refractivity contribution in [2.45, 2.75) is 52.0 Å². The fourth-order valence-electron chi connectivity index (χ4n) is 1.88. The van der Waals surface area contributed by atoms with Crippen molar-refractivity contribution in [1.29, 1.82) is 0 Å². The number of hydrogen-bond donors (Lipinski definition) is 3. The van der Waals surface area contributed by atoms with Gasteiger partial charge in [0.2, 0.25) is 11.8 Å². The molecule has 2 amide bonds. The highest BCUT2D eigenvalue weighted by molar-refractivity contribution is 5.84. The summed E-state index contributed by atoms with van der Waals surface area (Å²) in [5.41, 5.74) is 0. The van der Waals surface area contributed by atoms with Crippen molar-refractivity contribution in [2.24, 2.45) is 11.8 Å². The molecule has 1 rings (SSSR count). The Hall–Kier alpha value is -1.59. The molecule has 20 heavy (non-hydrogen) atoms. The van der Waals surface area contributed by atoms with Crippen LogP contribution in [0.25, 0.3) is 0 Å². The van der Waals surface area contributed by atoms with Gasteiger partial charge in [0.25, 0.3) is 0 Å². The second kappa shape index (κ2) is 7.87. The molecule has 1 saturated carbocycles. The van der Waals surface area contributed by atoms with E-state index in [0.29, 0.717) is 19.4 Å². The molecule has 2 atom stereocenters. The maximum atomic E-state index is 11.7. The molecule has 0 radical (unpaired) electrons. The van der Waals surface area contributed by atoms with Crippen LogP contribution < -0.4 is 10.6 Å². The number of amides is 2. The molecular formula is C14H24N2O4. The third-order valence-electron chi connectivity index (χ3n) is 3.62. The molecule has 6 heteroatoms. The van der Waals surface area contributed by atoms with E-state index in [4.69, 9.17) is 5.11 Å². The lowest BCUT2D eigenvalue weighted by molar-refractivity contribution is -0.143. The van der Waals surface area contributed by atoms with Crippen molar-refractivity contribution in [3.8, 4) is 0 Å². The number of carbonyl (C=O) groups excluding carboxylic acids is 2. The summed E-state index contributed by atoms with van der Waals surface area (Å²) in [5.74, 6) is -1.15. The van der Waals surface area contributed by atoms with Gasteiger partial charge in [-0.3, -0.25) is 9.59 Å². The number of carboxylic acids is 1. The summed E-state index contributed by atoms with van der Waals surface area (Å²) < 4.78 is 0. The first-order valence-corrected chi connectivity index (χ1v) is 7.25. The minimum absolute atomic E-state index is 0.0634. The molecule has 1 fully saturated rings. The first-order chi connectivity index (χ1) is 9.45. The van der Waals surface area contributed by atoms with Gasteiger partial charge in [0.15, 0.2) is 0 Å². The number of hydrogen-bond acceptors (Lipinski definition) is 3. The third-order valence-corrected chi connectivity index (χ3v) is 3.62. The summed E-state index contributed by atoms with van der Waals surface area (Å²) in [4.78, 5) is 34.1. The third kappa shape index (κ3) is 5.59. The van der Waals surface area contributed by atoms with Crippen LogP contribution in [0.2, 0.25) is 0 Å². The zero-order chi connectivity index (χ0) is 15.1. The Morgan fingerprint density at radius 2 is 1.95 bits per heavy atom. The fourth-order valence-corrected chi connectivity index (χ4v) is 1.88. The predicted molar refractivity (Wildman–Crippen MR) is 74.0 cm³/mol. The van der Waals surface area contributed by atoms with Crippen LogP contribution in [0, 0.1) is 11.8 Å². The minimum Gasteiger partial charge on any atom is -0.480 e. The summed E-state index contributed by atoms with van der Waals surface area (Å²) >= 11 is 0. The van der Waals surface area contributed by atoms with Gasteiger partial charge in [-0.2, -0.15) is 0 Å². The lowest BCUT2D eigenvalue weighted by Gasteiger charge is -2.20. The SMILES string of the molecule is CCC(C)C(NC(=O)CCCNC(=O)C1CC1)C(=O)O. The van der Waals surface area contributed by atoms with E-state index in [-0.39, 0.29) is 30.1 Å². The lowest BCUT2D eigenvalue weighted by Crippen LogP contribution is -2.45. The van der Waals surface area contributed by atoms with Gasteiger partial charge in [0, 0.05) is 18.9 Å². The summed E-state index contributed by atoms with van der Waals surface area (Å²) in [6.45, 7) is 4.15. The zero-order valence-corrected chi connectivity index (χ0v) is 12.1. The molecule has 0 heterocycles. The Labute approximate surface area is 119 Å². The second-order valence-corrected chi connectivity index (χ2v) is 5.44. The van der Waals surface area contributed by atoms with Gasteiger partial charge in [0.05, 0.1) is 0 Å². The van der Waals surface area contributed by atoms with E-state index in [1.165, 1.54) is 0 Å². The van der Waals surface area contributed by atoms with E-state index >= 15 is 0 Å². The van der Waals surface area contributed by atoms with Crippen LogP contribution in [-0.4, -0.2) is 35.5 Å². The van der Waals surface area contributed by atoms with Gasteiger partial charge in [-0.15, -0.1) is 0 Å². The molecule has 1 aliphatic rings. The van der Waals surface area contributed by atoms with Crippen LogP contribution in [0.15, 0.2) is 0 Å². The average Bonchev–Trinajstić information content (AvgIpc) is 3.23. The number of carbonyl (C=O) groups is 3. The van der Waals surface area contributed by atoms with E-state index in [1.807, 2.05) is 6.92 Å². The molecule has 0 bridgehead atoms. The van der Waals surface area contributed by atoms with Gasteiger partial charge in [-0.05, 0) is 25.2 Å². The molecule has 0 saturated heterocycles. The standard InChI is InChI=1S/C14H24N2O4/c1-3-9(2)12(14(19)20)16-11(17)5-4-8-15-13(18)10-6-7-10/h9-10,12H,3-8H2,1-2H3,(H,15,18)(H,16,17)(H,19,20). The Kier molecular flexibility index (Phi) is 6.48. The molecule has 6 nitrogen and oxygen atoms in total. The monoisotopic (exact) mass is 284 g/mol. The second-order valence-electron chi connectivity index (χ2n) is 5.44. The Morgan fingerprint density at radius 1 is 1.30 bits per heavy atom. The predicted octanol–water partition coefficient (Wildman–Crippen LogP) is 0.908. The highest BCUT2D eigenvalue weighted by atomic mass is 16.4. The van der Waals surface area contributed by atoms with Crippen LogP contribution in [0.4, 0.5) is 0 Å². The van der Waals surface area contributed by atoms with Crippen LogP contribution in [-0.2, 0) is 14.4 Å². The van der Waals surface area contributed by atoms with E-state index in [2.05, 4.69) is 10.6 Å². The molecule has 0 aliphatic heterocycles. The van der Waals surface area contributed by atoms with Crippen LogP contribution in [0.3, 0.4) is 0 Å². The molecule has 1 aliphatic carbocycles. The van der Waals surface area contributed by atoms with Gasteiger partial charge in [-0.1, -0.05) is 20.3 Å². The number of nitrogens with one attached hydrogen (secondary N) is 2. The molecule has 2 unspecified atom stereocenters. The molecule has 3 N–H and O–H groups in total. The topological polar surface area (TPSA) is 95.5 Å². The summed E-state index contributed by atoms with van der Waals surface area (Å²) in [6, 6.07) is -0.839. The Morgan fingerprint density at radius 3 is 2.45 bits per heavy atom. The normalized spacial score (nSPS) is 17.1. The van der Waals surface area contributed by atoms with E-state index in [9.17, 15) is 14.4 Å². The van der Waals surface area contributed by atoms with Crippen LogP contribution >= 0.6 is 0 Å². The molecule has 0 spiro atoms. The van der Waals surface area contributed by atoms with Crippen molar-refractivity contribution in [2.75, 3.05) is 6.54 Å². The minimum atomic E-state index is -1.00. The average molecular weight is 284 g/mol. The first kappa shape index (κ1) is 16.5. The quantitative estimate of drug-likeness (QED) is 0.548. The van der Waals surface area contributed by atoms with Crippen molar-refractivity contribution >= 4 is 17.8 Å². The van der Waals surface area contributed by atoms with Crippen molar-refractivity contribution < 1.29 is 19.5 Å². The van der Waals surface area contributed by atoms with E-state index in [0.717, 1.165) is 12.8 Å². The van der Waals surface area contributed by atoms with Crippen LogP contribution in [0.1, 0.15) is 46.0 Å². The van der Waals surface area contributed by atoms with Crippen LogP contribution in [0.5, 0.6) is 0 Å². The smallest absolute Gasteiger partial charge is 0.326 e. The number of carboxylic acid groups (broad SMARTS) is 1. The number of aliphatic carboxylic acids is 1. The van der Waals surface area contributed by atoms with E-state index < -0.39 is 12.0 Å². The summed E-state index contributed by atoms with van der Waals surface area (Å²) in [7, 11) is 0. The first-order valence-electron chi connectivity index (χ1n) is 7.25. The maximum Gasteiger partial charge on any atom is 0.326 e. The van der Waals surface area contributed by atoms with Gasteiger partial charge in [0.1, 0.15) is 6.04 Å². The lowest BCUT2D eigenvalue weighted by atomic mass is 9.99. The number of rotatable bonds is 9. The Balaban J connectivity index is 2.20. The van der Waals surface area contributed by atoms with Gasteiger partial charge < -0.3 is 15.7 Å². The van der Waals surface area contributed by atoms with Crippen molar-refractivity contribution in [1.82, 2.24) is 10.6 Å². The molecule has 0 aromatic rings. The Bertz CT molecular complexity index is 366. The summed E-state index contributed by atoms with van der Waals surface area (Å²) in [5, 5.41) is 14.4. The summed E-state index contributed by atoms with van der Waals surface area (Å²) in [6.07, 6.45) is 3.36. The van der Waals surface area contributed by atoms with Crippen molar-refractivity contribution in [3.63, 3.8) is 0 Å². The van der Waals surface area contributed by atoms with Gasteiger partial charge >= 0.3 is 5.97 Å². The molecule has 0 aromatic carbocycles. The zero-order valence-electron chi connectivity index (χ0n) is 12.1.